The Morgan fingerprint density at radius 1 is 1.38 bits per heavy atom. The molecule has 0 bridgehead atoms. The van der Waals surface area contributed by atoms with Crippen LogP contribution >= 0.6 is 11.6 Å². The summed E-state index contributed by atoms with van der Waals surface area (Å²) in [7, 11) is 2.01. The van der Waals surface area contributed by atoms with Gasteiger partial charge >= 0.3 is 0 Å². The van der Waals surface area contributed by atoms with Gasteiger partial charge in [0, 0.05) is 37.9 Å². The van der Waals surface area contributed by atoms with E-state index in [2.05, 4.69) is 20.0 Å². The van der Waals surface area contributed by atoms with E-state index in [0.29, 0.717) is 35.4 Å². The average molecular weight is 348 g/mol. The van der Waals surface area contributed by atoms with Gasteiger partial charge in [0.25, 0.3) is 5.91 Å². The van der Waals surface area contributed by atoms with Gasteiger partial charge in [0.05, 0.1) is 16.6 Å². The van der Waals surface area contributed by atoms with Crippen LogP contribution in [0.25, 0.3) is 0 Å². The fourth-order valence-electron chi connectivity index (χ4n) is 2.93. The quantitative estimate of drug-likeness (QED) is 0.846. The maximum absolute atomic E-state index is 12.8. The Morgan fingerprint density at radius 3 is 2.96 bits per heavy atom. The van der Waals surface area contributed by atoms with E-state index in [1.807, 2.05) is 7.05 Å². The second kappa shape index (κ2) is 6.14. The van der Waals surface area contributed by atoms with Crippen LogP contribution in [0.2, 0.25) is 5.02 Å². The molecule has 126 valence electrons. The van der Waals surface area contributed by atoms with Crippen molar-refractivity contribution in [2.75, 3.05) is 26.7 Å². The molecular weight excluding hydrogens is 330 g/mol. The molecule has 1 aliphatic heterocycles. The topological polar surface area (TPSA) is 75.4 Å². The molecule has 2 fully saturated rings. The fraction of sp³-hybridized carbons (Fsp3) is 0.500. The third kappa shape index (κ3) is 2.89. The van der Waals surface area contributed by atoms with Crippen LogP contribution in [0.4, 0.5) is 0 Å². The average Bonchev–Trinajstić information content (AvgIpc) is 3.33. The van der Waals surface area contributed by atoms with Crippen LogP contribution in [0.1, 0.15) is 46.9 Å². The monoisotopic (exact) mass is 347 g/mol. The Bertz CT molecular complexity index is 760. The minimum absolute atomic E-state index is 0.0698. The highest BCUT2D eigenvalue weighted by Crippen LogP contribution is 2.39. The summed E-state index contributed by atoms with van der Waals surface area (Å²) in [6.07, 6.45) is 5.30. The Morgan fingerprint density at radius 2 is 2.21 bits per heavy atom. The highest BCUT2D eigenvalue weighted by Gasteiger charge is 2.35. The molecule has 1 saturated carbocycles. The number of likely N-dealkylation sites (N-methyl/N-ethyl adjacent to an activating group) is 1. The highest BCUT2D eigenvalue weighted by molar-refractivity contribution is 6.33. The van der Waals surface area contributed by atoms with E-state index in [1.165, 1.54) is 6.20 Å². The number of hydrogen-bond acceptors (Lipinski definition) is 6. The first-order valence-electron chi connectivity index (χ1n) is 8.06. The van der Waals surface area contributed by atoms with Crippen LogP contribution < -0.4 is 0 Å². The van der Waals surface area contributed by atoms with Gasteiger partial charge in [-0.05, 0) is 26.0 Å². The van der Waals surface area contributed by atoms with Crippen LogP contribution in [-0.2, 0) is 0 Å². The van der Waals surface area contributed by atoms with Crippen molar-refractivity contribution in [1.82, 2.24) is 24.9 Å². The number of rotatable bonds is 3. The summed E-state index contributed by atoms with van der Waals surface area (Å²) in [5.41, 5.74) is 0.474. The van der Waals surface area contributed by atoms with Crippen molar-refractivity contribution in [3.05, 3.63) is 40.8 Å². The summed E-state index contributed by atoms with van der Waals surface area (Å²) in [6, 6.07) is 1.58. The first-order chi connectivity index (χ1) is 11.6. The molecule has 4 rings (SSSR count). The SMILES string of the molecule is CN1CCN(C(=O)c2ccncc2Cl)C[C@H]1c1noc(C2CC2)n1. The minimum atomic E-state index is -0.0913. The third-order valence-electron chi connectivity index (χ3n) is 4.62. The molecule has 8 heteroatoms. The summed E-state index contributed by atoms with van der Waals surface area (Å²) in [5, 5.41) is 4.50. The lowest BCUT2D eigenvalue weighted by atomic mass is 10.1. The number of halogens is 1. The highest BCUT2D eigenvalue weighted by atomic mass is 35.5. The molecule has 0 aromatic carbocycles. The van der Waals surface area contributed by atoms with Crippen LogP contribution in [0.15, 0.2) is 23.0 Å². The maximum atomic E-state index is 12.8. The smallest absolute Gasteiger partial charge is 0.255 e. The van der Waals surface area contributed by atoms with Crippen molar-refractivity contribution in [2.24, 2.45) is 0 Å². The lowest BCUT2D eigenvalue weighted by Crippen LogP contribution is -2.49. The zero-order valence-electron chi connectivity index (χ0n) is 13.4. The van der Waals surface area contributed by atoms with E-state index in [0.717, 1.165) is 25.3 Å². The van der Waals surface area contributed by atoms with Crippen LogP contribution in [0.5, 0.6) is 0 Å². The third-order valence-corrected chi connectivity index (χ3v) is 4.92. The lowest BCUT2D eigenvalue weighted by molar-refractivity contribution is 0.0529. The van der Waals surface area contributed by atoms with E-state index >= 15 is 0 Å². The molecule has 3 heterocycles. The molecule has 1 amide bonds. The zero-order valence-corrected chi connectivity index (χ0v) is 14.1. The van der Waals surface area contributed by atoms with Crippen LogP contribution in [-0.4, -0.2) is 57.5 Å². The molecule has 24 heavy (non-hydrogen) atoms. The van der Waals surface area contributed by atoms with E-state index in [4.69, 9.17) is 16.1 Å². The van der Waals surface area contributed by atoms with Gasteiger partial charge < -0.3 is 9.42 Å². The molecular formula is C16H18ClN5O2. The molecule has 2 aromatic rings. The van der Waals surface area contributed by atoms with Gasteiger partial charge in [0.1, 0.15) is 0 Å². The Kier molecular flexibility index (Phi) is 3.97. The summed E-state index contributed by atoms with van der Waals surface area (Å²) in [6.45, 7) is 1.89. The van der Waals surface area contributed by atoms with Crippen molar-refractivity contribution < 1.29 is 9.32 Å². The molecule has 2 aromatic heterocycles. The number of piperazine rings is 1. The predicted octanol–water partition coefficient (Wildman–Crippen LogP) is 2.12. The van der Waals surface area contributed by atoms with Crippen molar-refractivity contribution in [3.8, 4) is 0 Å². The van der Waals surface area contributed by atoms with Crippen molar-refractivity contribution in [3.63, 3.8) is 0 Å². The molecule has 1 atom stereocenters. The van der Waals surface area contributed by atoms with Gasteiger partial charge in [-0.15, -0.1) is 0 Å². The van der Waals surface area contributed by atoms with Gasteiger partial charge in [-0.1, -0.05) is 16.8 Å². The van der Waals surface area contributed by atoms with E-state index < -0.39 is 0 Å². The summed E-state index contributed by atoms with van der Waals surface area (Å²) >= 11 is 6.11. The van der Waals surface area contributed by atoms with Crippen molar-refractivity contribution >= 4 is 17.5 Å². The molecule has 2 aliphatic rings. The minimum Gasteiger partial charge on any atom is -0.339 e. The first-order valence-corrected chi connectivity index (χ1v) is 8.44. The molecule has 1 saturated heterocycles. The van der Waals surface area contributed by atoms with Gasteiger partial charge in [-0.25, -0.2) is 0 Å². The van der Waals surface area contributed by atoms with Gasteiger partial charge in [0.2, 0.25) is 5.89 Å². The van der Waals surface area contributed by atoms with E-state index in [1.54, 1.807) is 17.2 Å². The lowest BCUT2D eigenvalue weighted by Gasteiger charge is -2.38. The number of carbonyl (C=O) groups excluding carboxylic acids is 1. The Balaban J connectivity index is 1.53. The second-order valence-electron chi connectivity index (χ2n) is 6.37. The summed E-state index contributed by atoms with van der Waals surface area (Å²) in [5.74, 6) is 1.71. The van der Waals surface area contributed by atoms with Gasteiger partial charge in [-0.3, -0.25) is 14.7 Å². The van der Waals surface area contributed by atoms with E-state index in [-0.39, 0.29) is 11.9 Å². The van der Waals surface area contributed by atoms with Gasteiger partial charge in [-0.2, -0.15) is 4.98 Å². The summed E-state index contributed by atoms with van der Waals surface area (Å²) in [4.78, 5) is 25.2. The number of carbonyl (C=O) groups is 1. The standard InChI is InChI=1S/C16H18ClN5O2/c1-21-6-7-22(16(23)11-4-5-18-8-12(11)17)9-13(21)14-19-15(24-20-14)10-2-3-10/h4-5,8,10,13H,2-3,6-7,9H2,1H3/t13-/m0/s1. The number of amides is 1. The summed E-state index contributed by atoms with van der Waals surface area (Å²) < 4.78 is 5.37. The van der Waals surface area contributed by atoms with Crippen LogP contribution in [0, 0.1) is 0 Å². The predicted molar refractivity (Wildman–Crippen MR) is 86.8 cm³/mol. The second-order valence-corrected chi connectivity index (χ2v) is 6.78. The molecule has 0 unspecified atom stereocenters. The molecule has 0 N–H and O–H groups in total. The normalized spacial score (nSPS) is 21.9. The molecule has 0 spiro atoms. The molecule has 1 aliphatic carbocycles. The largest absolute Gasteiger partial charge is 0.339 e. The Hall–Kier alpha value is -1.99. The Labute approximate surface area is 144 Å². The van der Waals surface area contributed by atoms with Crippen molar-refractivity contribution in [2.45, 2.75) is 24.8 Å². The van der Waals surface area contributed by atoms with Gasteiger partial charge in [0.15, 0.2) is 5.82 Å². The van der Waals surface area contributed by atoms with Crippen molar-refractivity contribution in [1.29, 1.82) is 0 Å². The number of nitrogens with zero attached hydrogens (tertiary/aromatic N) is 5. The zero-order chi connectivity index (χ0) is 16.7. The van der Waals surface area contributed by atoms with E-state index in [9.17, 15) is 4.79 Å². The molecule has 0 radical (unpaired) electrons. The molecule has 7 nitrogen and oxygen atoms in total. The number of aromatic nitrogens is 3. The fourth-order valence-corrected chi connectivity index (χ4v) is 3.13. The van der Waals surface area contributed by atoms with Crippen LogP contribution in [0.3, 0.4) is 0 Å². The maximum Gasteiger partial charge on any atom is 0.255 e. The number of pyridine rings is 1. The number of hydrogen-bond donors (Lipinski definition) is 0. The first kappa shape index (κ1) is 15.5.